The molecule has 0 atom stereocenters. The number of alkyl halides is 3. The largest absolute Gasteiger partial charge is 0.401 e. The predicted molar refractivity (Wildman–Crippen MR) is 93.9 cm³/mol. The highest BCUT2D eigenvalue weighted by Crippen LogP contribution is 2.17. The first-order valence-corrected chi connectivity index (χ1v) is 8.76. The summed E-state index contributed by atoms with van der Waals surface area (Å²) in [6.45, 7) is -0.795. The van der Waals surface area contributed by atoms with Crippen LogP contribution >= 0.6 is 0 Å². The summed E-state index contributed by atoms with van der Waals surface area (Å²) in [6.07, 6.45) is -2.51. The van der Waals surface area contributed by atoms with Crippen LogP contribution < -0.4 is 11.2 Å². The average molecular weight is 402 g/mol. The van der Waals surface area contributed by atoms with Crippen LogP contribution in [0, 0.1) is 0 Å². The maximum atomic E-state index is 12.7. The summed E-state index contributed by atoms with van der Waals surface area (Å²) in [5.41, 5.74) is -0.876. The van der Waals surface area contributed by atoms with Crippen LogP contribution in [0.15, 0.2) is 15.9 Å². The van der Waals surface area contributed by atoms with Gasteiger partial charge < -0.3 is 9.47 Å². The van der Waals surface area contributed by atoms with Crippen molar-refractivity contribution in [3.05, 3.63) is 27.2 Å². The molecule has 1 amide bonds. The zero-order valence-corrected chi connectivity index (χ0v) is 15.6. The van der Waals surface area contributed by atoms with E-state index in [2.05, 4.69) is 4.98 Å². The fraction of sp³-hybridized carbons (Fsp3) is 0.625. The van der Waals surface area contributed by atoms with Crippen molar-refractivity contribution in [3.8, 4) is 0 Å². The van der Waals surface area contributed by atoms with Gasteiger partial charge in [-0.2, -0.15) is 13.2 Å². The maximum Gasteiger partial charge on any atom is 0.401 e. The van der Waals surface area contributed by atoms with Gasteiger partial charge in [-0.25, -0.2) is 14.3 Å². The first-order valence-electron chi connectivity index (χ1n) is 8.76. The third-order valence-electron chi connectivity index (χ3n) is 4.84. The van der Waals surface area contributed by atoms with Gasteiger partial charge in [-0.05, 0) is 6.42 Å². The number of fused-ring (bicyclic) bond motifs is 1. The third-order valence-corrected chi connectivity index (χ3v) is 4.84. The molecule has 1 fully saturated rings. The monoisotopic (exact) mass is 402 g/mol. The van der Waals surface area contributed by atoms with E-state index in [1.54, 1.807) is 7.05 Å². The Hall–Kier alpha value is -2.63. The summed E-state index contributed by atoms with van der Waals surface area (Å²) in [5, 5.41) is 0. The lowest BCUT2D eigenvalue weighted by Gasteiger charge is -2.23. The van der Waals surface area contributed by atoms with Gasteiger partial charge in [0.2, 0.25) is 5.91 Å². The third kappa shape index (κ3) is 3.96. The molecule has 2 aromatic rings. The van der Waals surface area contributed by atoms with Crippen LogP contribution in [-0.4, -0.2) is 73.3 Å². The topological polar surface area (TPSA) is 85.4 Å². The van der Waals surface area contributed by atoms with Crippen molar-refractivity contribution in [3.63, 3.8) is 0 Å². The van der Waals surface area contributed by atoms with Crippen LogP contribution in [0.1, 0.15) is 6.42 Å². The number of carbonyl (C=O) groups is 1. The SMILES string of the molecule is Cn1cnc2c1c(=O)n(CC(=O)N1CCCN(CC(F)(F)F)CC1)c(=O)n2C. The minimum absolute atomic E-state index is 0.0823. The second-order valence-corrected chi connectivity index (χ2v) is 6.89. The number of amides is 1. The quantitative estimate of drug-likeness (QED) is 0.693. The molecular formula is C16H21F3N6O3. The molecular weight excluding hydrogens is 381 g/mol. The molecule has 3 heterocycles. The smallest absolute Gasteiger partial charge is 0.340 e. The fourth-order valence-electron chi connectivity index (χ4n) is 3.40. The fourth-order valence-corrected chi connectivity index (χ4v) is 3.40. The Morgan fingerprint density at radius 3 is 2.54 bits per heavy atom. The predicted octanol–water partition coefficient (Wildman–Crippen LogP) is -0.470. The Morgan fingerprint density at radius 1 is 1.14 bits per heavy atom. The summed E-state index contributed by atoms with van der Waals surface area (Å²) < 4.78 is 41.2. The lowest BCUT2D eigenvalue weighted by molar-refractivity contribution is -0.145. The van der Waals surface area contributed by atoms with E-state index in [1.807, 2.05) is 0 Å². The normalized spacial score (nSPS) is 16.5. The number of hydrogen-bond donors (Lipinski definition) is 0. The molecule has 9 nitrogen and oxygen atoms in total. The minimum atomic E-state index is -4.29. The number of hydrogen-bond acceptors (Lipinski definition) is 5. The molecule has 1 saturated heterocycles. The molecule has 12 heteroatoms. The first-order chi connectivity index (χ1) is 13.1. The van der Waals surface area contributed by atoms with Crippen molar-refractivity contribution in [1.82, 2.24) is 28.5 Å². The zero-order valence-electron chi connectivity index (χ0n) is 15.6. The number of carbonyl (C=O) groups excluding carboxylic acids is 1. The van der Waals surface area contributed by atoms with E-state index in [1.165, 1.54) is 32.3 Å². The van der Waals surface area contributed by atoms with Crippen molar-refractivity contribution >= 4 is 17.1 Å². The number of aryl methyl sites for hydroxylation is 2. The molecule has 0 N–H and O–H groups in total. The van der Waals surface area contributed by atoms with Crippen LogP contribution in [0.2, 0.25) is 0 Å². The molecule has 0 unspecified atom stereocenters. The van der Waals surface area contributed by atoms with Crippen LogP contribution in [0.5, 0.6) is 0 Å². The first kappa shape index (κ1) is 20.1. The summed E-state index contributed by atoms with van der Waals surface area (Å²) in [6, 6.07) is 0. The molecule has 3 rings (SSSR count). The Bertz CT molecular complexity index is 1010. The maximum absolute atomic E-state index is 12.7. The highest BCUT2D eigenvalue weighted by molar-refractivity contribution is 5.77. The van der Waals surface area contributed by atoms with Gasteiger partial charge in [0.15, 0.2) is 11.2 Å². The number of halogens is 3. The Morgan fingerprint density at radius 2 is 1.86 bits per heavy atom. The average Bonchev–Trinajstić information content (AvgIpc) is 2.84. The molecule has 0 aliphatic carbocycles. The molecule has 0 spiro atoms. The van der Waals surface area contributed by atoms with Crippen LogP contribution in [0.3, 0.4) is 0 Å². The van der Waals surface area contributed by atoms with Crippen molar-refractivity contribution in [2.45, 2.75) is 19.1 Å². The van der Waals surface area contributed by atoms with E-state index in [4.69, 9.17) is 0 Å². The highest BCUT2D eigenvalue weighted by atomic mass is 19.4. The molecule has 154 valence electrons. The van der Waals surface area contributed by atoms with Crippen LogP contribution in [0.25, 0.3) is 11.2 Å². The van der Waals surface area contributed by atoms with Gasteiger partial charge in [0, 0.05) is 40.3 Å². The van der Waals surface area contributed by atoms with Gasteiger partial charge in [-0.3, -0.25) is 19.1 Å². The van der Waals surface area contributed by atoms with Crippen molar-refractivity contribution in [2.75, 3.05) is 32.7 Å². The van der Waals surface area contributed by atoms with E-state index >= 15 is 0 Å². The number of imidazole rings is 1. The van der Waals surface area contributed by atoms with Crippen molar-refractivity contribution < 1.29 is 18.0 Å². The van der Waals surface area contributed by atoms with Gasteiger partial charge in [0.1, 0.15) is 6.54 Å². The lowest BCUT2D eigenvalue weighted by Crippen LogP contribution is -2.45. The van der Waals surface area contributed by atoms with E-state index in [0.717, 1.165) is 4.57 Å². The standard InChI is InChI=1S/C16H21F3N6O3/c1-21-10-20-13-12(21)14(27)25(15(28)22(13)2)8-11(26)24-5-3-4-23(6-7-24)9-16(17,18)19/h10H,3-9H2,1-2H3. The Labute approximate surface area is 157 Å². The van der Waals surface area contributed by atoms with Gasteiger partial charge in [-0.15, -0.1) is 0 Å². The minimum Gasteiger partial charge on any atom is -0.340 e. The summed E-state index contributed by atoms with van der Waals surface area (Å²) >= 11 is 0. The van der Waals surface area contributed by atoms with Crippen molar-refractivity contribution in [2.24, 2.45) is 14.1 Å². The molecule has 0 radical (unpaired) electrons. The second-order valence-electron chi connectivity index (χ2n) is 6.89. The molecule has 0 saturated carbocycles. The Balaban J connectivity index is 1.79. The molecule has 28 heavy (non-hydrogen) atoms. The van der Waals surface area contributed by atoms with Crippen LogP contribution in [0.4, 0.5) is 13.2 Å². The Kier molecular flexibility index (Phi) is 5.33. The summed E-state index contributed by atoms with van der Waals surface area (Å²) in [7, 11) is 3.07. The number of rotatable bonds is 3. The van der Waals surface area contributed by atoms with Gasteiger partial charge in [-0.1, -0.05) is 0 Å². The molecule has 1 aliphatic heterocycles. The molecule has 0 bridgehead atoms. The number of nitrogens with zero attached hydrogens (tertiary/aromatic N) is 6. The van der Waals surface area contributed by atoms with E-state index in [9.17, 15) is 27.6 Å². The second kappa shape index (κ2) is 7.41. The highest BCUT2D eigenvalue weighted by Gasteiger charge is 2.32. The van der Waals surface area contributed by atoms with E-state index < -0.39 is 36.4 Å². The molecule has 1 aliphatic rings. The van der Waals surface area contributed by atoms with Gasteiger partial charge in [0.25, 0.3) is 5.56 Å². The zero-order chi connectivity index (χ0) is 20.6. The number of aromatic nitrogens is 4. The van der Waals surface area contributed by atoms with E-state index in [-0.39, 0.29) is 37.3 Å². The van der Waals surface area contributed by atoms with Gasteiger partial charge >= 0.3 is 11.9 Å². The lowest BCUT2D eigenvalue weighted by atomic mass is 10.3. The van der Waals surface area contributed by atoms with Gasteiger partial charge in [0.05, 0.1) is 12.9 Å². The van der Waals surface area contributed by atoms with Crippen molar-refractivity contribution in [1.29, 1.82) is 0 Å². The van der Waals surface area contributed by atoms with E-state index in [0.29, 0.717) is 6.42 Å². The molecule has 0 aromatic carbocycles. The molecule has 2 aromatic heterocycles. The summed E-state index contributed by atoms with van der Waals surface area (Å²) in [4.78, 5) is 44.5. The van der Waals surface area contributed by atoms with Crippen LogP contribution in [-0.2, 0) is 25.4 Å². The summed E-state index contributed by atoms with van der Waals surface area (Å²) in [5.74, 6) is -0.477.